The summed E-state index contributed by atoms with van der Waals surface area (Å²) in [7, 11) is 0. The van der Waals surface area contributed by atoms with Crippen LogP contribution in [0.5, 0.6) is 0 Å². The molecule has 0 radical (unpaired) electrons. The van der Waals surface area contributed by atoms with Gasteiger partial charge in [-0.05, 0) is 47.8 Å². The third kappa shape index (κ3) is 4.62. The molecule has 2 heterocycles. The maximum Gasteiger partial charge on any atom is 0.257 e. The predicted molar refractivity (Wildman–Crippen MR) is 119 cm³/mol. The van der Waals surface area contributed by atoms with Crippen LogP contribution in [0.4, 0.5) is 0 Å². The van der Waals surface area contributed by atoms with Crippen molar-refractivity contribution in [2.75, 3.05) is 5.75 Å². The standard InChI is InChI=1S/C21H15ClN4O2S2/c22-15-10-8-14(9-11-15)20(28)23-18(27)13-30-21-25-24-19(17-7-4-12-29-17)26(21)16-5-2-1-3-6-16/h1-12H,13H2,(H,23,27,28). The Morgan fingerprint density at radius 3 is 2.47 bits per heavy atom. The van der Waals surface area contributed by atoms with Gasteiger partial charge in [0.05, 0.1) is 10.6 Å². The monoisotopic (exact) mass is 454 g/mol. The number of hydrogen-bond donors (Lipinski definition) is 1. The fraction of sp³-hybridized carbons (Fsp3) is 0.0476. The van der Waals surface area contributed by atoms with Crippen molar-refractivity contribution in [1.82, 2.24) is 20.1 Å². The SMILES string of the molecule is O=C(CSc1nnc(-c2cccs2)n1-c1ccccc1)NC(=O)c1ccc(Cl)cc1. The third-order valence-corrected chi connectivity index (χ3v) is 6.13. The molecule has 6 nitrogen and oxygen atoms in total. The average Bonchev–Trinajstić information content (AvgIpc) is 3.43. The highest BCUT2D eigenvalue weighted by atomic mass is 35.5. The van der Waals surface area contributed by atoms with E-state index in [0.717, 1.165) is 10.6 Å². The zero-order chi connectivity index (χ0) is 20.9. The second kappa shape index (κ2) is 9.25. The number of nitrogens with one attached hydrogen (secondary N) is 1. The molecule has 0 spiro atoms. The topological polar surface area (TPSA) is 76.9 Å². The van der Waals surface area contributed by atoms with Gasteiger partial charge in [0.15, 0.2) is 11.0 Å². The van der Waals surface area contributed by atoms with Gasteiger partial charge in [0.25, 0.3) is 5.91 Å². The van der Waals surface area contributed by atoms with Crippen molar-refractivity contribution in [1.29, 1.82) is 0 Å². The van der Waals surface area contributed by atoms with Crippen molar-refractivity contribution in [3.63, 3.8) is 0 Å². The summed E-state index contributed by atoms with van der Waals surface area (Å²) in [5, 5.41) is 14.0. The first-order valence-corrected chi connectivity index (χ1v) is 11.1. The molecule has 0 fully saturated rings. The molecule has 0 aliphatic carbocycles. The zero-order valence-electron chi connectivity index (χ0n) is 15.5. The Kier molecular flexibility index (Phi) is 6.27. The van der Waals surface area contributed by atoms with E-state index >= 15 is 0 Å². The molecule has 0 saturated heterocycles. The molecule has 0 aliphatic rings. The largest absolute Gasteiger partial charge is 0.292 e. The maximum atomic E-state index is 12.3. The number of nitrogens with zero attached hydrogens (tertiary/aromatic N) is 3. The number of imide groups is 1. The van der Waals surface area contributed by atoms with Crippen molar-refractivity contribution in [2.45, 2.75) is 5.16 Å². The average molecular weight is 455 g/mol. The summed E-state index contributed by atoms with van der Waals surface area (Å²) in [6, 6.07) is 20.0. The molecule has 30 heavy (non-hydrogen) atoms. The van der Waals surface area contributed by atoms with E-state index in [-0.39, 0.29) is 5.75 Å². The Bertz CT molecular complexity index is 1160. The first-order chi connectivity index (χ1) is 14.6. The van der Waals surface area contributed by atoms with Crippen LogP contribution in [-0.2, 0) is 4.79 Å². The van der Waals surface area contributed by atoms with E-state index in [1.54, 1.807) is 35.6 Å². The molecule has 9 heteroatoms. The Hall–Kier alpha value is -2.94. The quantitative estimate of drug-likeness (QED) is 0.427. The summed E-state index contributed by atoms with van der Waals surface area (Å²) >= 11 is 8.61. The number of carbonyl (C=O) groups excluding carboxylic acids is 2. The number of rotatable bonds is 6. The highest BCUT2D eigenvalue weighted by Crippen LogP contribution is 2.30. The lowest BCUT2D eigenvalue weighted by Gasteiger charge is -2.09. The van der Waals surface area contributed by atoms with Crippen molar-refractivity contribution < 1.29 is 9.59 Å². The number of hydrogen-bond acceptors (Lipinski definition) is 6. The van der Waals surface area contributed by atoms with Crippen molar-refractivity contribution >= 4 is 46.5 Å². The molecule has 0 saturated carbocycles. The minimum Gasteiger partial charge on any atom is -0.292 e. The van der Waals surface area contributed by atoms with Crippen LogP contribution in [0, 0.1) is 0 Å². The molecular weight excluding hydrogens is 440 g/mol. The molecule has 4 aromatic rings. The summed E-state index contributed by atoms with van der Waals surface area (Å²) in [5.41, 5.74) is 1.26. The highest BCUT2D eigenvalue weighted by Gasteiger charge is 2.18. The summed E-state index contributed by atoms with van der Waals surface area (Å²) < 4.78 is 1.91. The predicted octanol–water partition coefficient (Wildman–Crippen LogP) is 4.70. The molecule has 0 aliphatic heterocycles. The number of thioether (sulfide) groups is 1. The second-order valence-corrected chi connectivity index (χ2v) is 8.45. The van der Waals surface area contributed by atoms with Gasteiger partial charge in [0.1, 0.15) is 0 Å². The van der Waals surface area contributed by atoms with Crippen LogP contribution in [0.1, 0.15) is 10.4 Å². The summed E-state index contributed by atoms with van der Waals surface area (Å²) in [6.45, 7) is 0. The van der Waals surface area contributed by atoms with Gasteiger partial charge in [0, 0.05) is 16.3 Å². The van der Waals surface area contributed by atoms with Gasteiger partial charge in [-0.1, -0.05) is 47.6 Å². The van der Waals surface area contributed by atoms with Gasteiger partial charge in [-0.3, -0.25) is 19.5 Å². The Labute approximate surface area is 185 Å². The van der Waals surface area contributed by atoms with Crippen molar-refractivity contribution in [3.05, 3.63) is 82.7 Å². The molecule has 0 atom stereocenters. The zero-order valence-corrected chi connectivity index (χ0v) is 17.9. The molecule has 150 valence electrons. The van der Waals surface area contributed by atoms with Gasteiger partial charge < -0.3 is 0 Å². The molecule has 2 aromatic heterocycles. The fourth-order valence-electron chi connectivity index (χ4n) is 2.70. The van der Waals surface area contributed by atoms with Crippen LogP contribution in [0.15, 0.2) is 77.3 Å². The van der Waals surface area contributed by atoms with E-state index in [9.17, 15) is 9.59 Å². The van der Waals surface area contributed by atoms with E-state index in [4.69, 9.17) is 11.6 Å². The number of halogens is 1. The van der Waals surface area contributed by atoms with Gasteiger partial charge in [0.2, 0.25) is 5.91 Å². The molecule has 2 aromatic carbocycles. The van der Waals surface area contributed by atoms with Gasteiger partial charge >= 0.3 is 0 Å². The summed E-state index contributed by atoms with van der Waals surface area (Å²) in [4.78, 5) is 25.5. The number of para-hydroxylation sites is 1. The first-order valence-electron chi connectivity index (χ1n) is 8.89. The van der Waals surface area contributed by atoms with Gasteiger partial charge in [-0.2, -0.15) is 0 Å². The normalized spacial score (nSPS) is 10.7. The van der Waals surface area contributed by atoms with E-state index in [1.165, 1.54) is 11.8 Å². The van der Waals surface area contributed by atoms with Crippen LogP contribution in [0.3, 0.4) is 0 Å². The first kappa shape index (κ1) is 20.3. The molecule has 0 bridgehead atoms. The minimum atomic E-state index is -0.471. The van der Waals surface area contributed by atoms with Crippen LogP contribution < -0.4 is 5.32 Å². The number of benzene rings is 2. The lowest BCUT2D eigenvalue weighted by molar-refractivity contribution is -0.117. The molecular formula is C21H15ClN4O2S2. The lowest BCUT2D eigenvalue weighted by Crippen LogP contribution is -2.31. The highest BCUT2D eigenvalue weighted by molar-refractivity contribution is 7.99. The number of amides is 2. The van der Waals surface area contributed by atoms with Crippen LogP contribution in [0.25, 0.3) is 16.4 Å². The van der Waals surface area contributed by atoms with Gasteiger partial charge in [-0.15, -0.1) is 21.5 Å². The van der Waals surface area contributed by atoms with Crippen LogP contribution >= 0.6 is 34.7 Å². The molecule has 1 N–H and O–H groups in total. The Balaban J connectivity index is 1.50. The van der Waals surface area contributed by atoms with Crippen molar-refractivity contribution in [3.8, 4) is 16.4 Å². The molecule has 0 unspecified atom stereocenters. The molecule has 2 amide bonds. The molecule has 4 rings (SSSR count). The van der Waals surface area contributed by atoms with E-state index in [2.05, 4.69) is 15.5 Å². The summed E-state index contributed by atoms with van der Waals surface area (Å²) in [6.07, 6.45) is 0. The number of carbonyl (C=O) groups is 2. The number of thiophene rings is 1. The maximum absolute atomic E-state index is 12.3. The smallest absolute Gasteiger partial charge is 0.257 e. The fourth-order valence-corrected chi connectivity index (χ4v) is 4.28. The minimum absolute atomic E-state index is 0.0226. The van der Waals surface area contributed by atoms with E-state index < -0.39 is 11.8 Å². The van der Waals surface area contributed by atoms with Gasteiger partial charge in [-0.25, -0.2) is 0 Å². The van der Waals surface area contributed by atoms with Crippen LogP contribution in [-0.4, -0.2) is 32.3 Å². The summed E-state index contributed by atoms with van der Waals surface area (Å²) in [5.74, 6) is -0.160. The second-order valence-electron chi connectivity index (χ2n) is 6.13. The Morgan fingerprint density at radius 1 is 1.00 bits per heavy atom. The van der Waals surface area contributed by atoms with E-state index in [1.807, 2.05) is 52.4 Å². The third-order valence-electron chi connectivity index (χ3n) is 4.08. The van der Waals surface area contributed by atoms with E-state index in [0.29, 0.717) is 21.6 Å². The Morgan fingerprint density at radius 2 is 1.77 bits per heavy atom. The number of aromatic nitrogens is 3. The lowest BCUT2D eigenvalue weighted by atomic mass is 10.2. The van der Waals surface area contributed by atoms with Crippen LogP contribution in [0.2, 0.25) is 5.02 Å². The van der Waals surface area contributed by atoms with Crippen molar-refractivity contribution in [2.24, 2.45) is 0 Å².